The fraction of sp³-hybridized carbons (Fsp3) is 0.632. The van der Waals surface area contributed by atoms with Gasteiger partial charge in [0.1, 0.15) is 0 Å². The second-order valence-electron chi connectivity index (χ2n) is 6.62. The highest BCUT2D eigenvalue weighted by atomic mass is 35.5. The van der Waals surface area contributed by atoms with Crippen LogP contribution in [0, 0.1) is 0 Å². The van der Waals surface area contributed by atoms with E-state index < -0.39 is 6.04 Å². The maximum Gasteiger partial charge on any atom is 0.237 e. The summed E-state index contributed by atoms with van der Waals surface area (Å²) in [5, 5.41) is 2.96. The molecular weight excluding hydrogens is 354 g/mol. The second kappa shape index (κ2) is 12.6. The molecule has 0 aromatic heterocycles. The summed E-state index contributed by atoms with van der Waals surface area (Å²) >= 11 is 1.72. The number of hydrogen-bond donors (Lipinski definition) is 2. The summed E-state index contributed by atoms with van der Waals surface area (Å²) in [5.41, 5.74) is 8.38. The van der Waals surface area contributed by atoms with Crippen molar-refractivity contribution in [3.63, 3.8) is 0 Å². The van der Waals surface area contributed by atoms with Gasteiger partial charge in [-0.2, -0.15) is 11.8 Å². The van der Waals surface area contributed by atoms with Gasteiger partial charge < -0.3 is 11.1 Å². The Labute approximate surface area is 162 Å². The molecule has 1 atom stereocenters. The van der Waals surface area contributed by atoms with Gasteiger partial charge in [-0.15, -0.1) is 12.4 Å². The number of hydrogen-bond acceptors (Lipinski definition) is 4. The third-order valence-corrected chi connectivity index (χ3v) is 5.18. The number of likely N-dealkylation sites (tertiary alicyclic amines) is 1. The van der Waals surface area contributed by atoms with E-state index in [9.17, 15) is 4.79 Å². The van der Waals surface area contributed by atoms with Crippen LogP contribution in [0.15, 0.2) is 24.3 Å². The van der Waals surface area contributed by atoms with E-state index in [0.29, 0.717) is 6.54 Å². The van der Waals surface area contributed by atoms with Gasteiger partial charge in [-0.3, -0.25) is 9.69 Å². The van der Waals surface area contributed by atoms with E-state index in [2.05, 4.69) is 34.5 Å². The van der Waals surface area contributed by atoms with Crippen LogP contribution in [0.3, 0.4) is 0 Å². The SMILES string of the molecule is CSCC[C@H](N)C(=O)NCc1cccc(CN2CCCCCC2)c1.Cl. The second-order valence-corrected chi connectivity index (χ2v) is 7.60. The van der Waals surface area contributed by atoms with Gasteiger partial charge in [0.15, 0.2) is 0 Å². The Hall–Kier alpha value is -0.750. The van der Waals surface area contributed by atoms with Crippen LogP contribution in [0.4, 0.5) is 0 Å². The van der Waals surface area contributed by atoms with Gasteiger partial charge in [-0.25, -0.2) is 0 Å². The average Bonchev–Trinajstić information content (AvgIpc) is 2.86. The zero-order chi connectivity index (χ0) is 17.2. The summed E-state index contributed by atoms with van der Waals surface area (Å²) in [4.78, 5) is 14.6. The zero-order valence-corrected chi connectivity index (χ0v) is 16.8. The predicted molar refractivity (Wildman–Crippen MR) is 110 cm³/mol. The normalized spacial score (nSPS) is 16.6. The molecule has 6 heteroatoms. The van der Waals surface area contributed by atoms with Gasteiger partial charge in [0.2, 0.25) is 5.91 Å². The van der Waals surface area contributed by atoms with Gasteiger partial charge in [0.25, 0.3) is 0 Å². The van der Waals surface area contributed by atoms with Crippen molar-refractivity contribution in [3.05, 3.63) is 35.4 Å². The molecule has 4 nitrogen and oxygen atoms in total. The van der Waals surface area contributed by atoms with E-state index in [4.69, 9.17) is 5.73 Å². The Morgan fingerprint density at radius 2 is 1.92 bits per heavy atom. The van der Waals surface area contributed by atoms with E-state index in [1.165, 1.54) is 44.3 Å². The number of nitrogens with zero attached hydrogens (tertiary/aromatic N) is 1. The van der Waals surface area contributed by atoms with Crippen LogP contribution in [-0.2, 0) is 17.9 Å². The number of thioether (sulfide) groups is 1. The third kappa shape index (κ3) is 8.45. The predicted octanol–water partition coefficient (Wildman–Crippen LogP) is 3.18. The Morgan fingerprint density at radius 3 is 2.60 bits per heavy atom. The Bertz CT molecular complexity index is 507. The van der Waals surface area contributed by atoms with Crippen molar-refractivity contribution in [2.24, 2.45) is 5.73 Å². The lowest BCUT2D eigenvalue weighted by Gasteiger charge is -2.20. The molecule has 25 heavy (non-hydrogen) atoms. The molecule has 1 aliphatic heterocycles. The summed E-state index contributed by atoms with van der Waals surface area (Å²) in [5.74, 6) is 0.863. The molecule has 1 aliphatic rings. The maximum absolute atomic E-state index is 12.0. The molecular formula is C19H32ClN3OS. The minimum absolute atomic E-state index is 0. The quantitative estimate of drug-likeness (QED) is 0.721. The number of rotatable bonds is 8. The fourth-order valence-corrected chi connectivity index (χ4v) is 3.58. The maximum atomic E-state index is 12.0. The Kier molecular flexibility index (Phi) is 11.2. The molecule has 0 saturated carbocycles. The number of amides is 1. The smallest absolute Gasteiger partial charge is 0.237 e. The van der Waals surface area contributed by atoms with Gasteiger partial charge in [0.05, 0.1) is 6.04 Å². The van der Waals surface area contributed by atoms with Gasteiger partial charge >= 0.3 is 0 Å². The van der Waals surface area contributed by atoms with Crippen LogP contribution in [0.2, 0.25) is 0 Å². The van der Waals surface area contributed by atoms with E-state index in [1.54, 1.807) is 11.8 Å². The van der Waals surface area contributed by atoms with Gasteiger partial charge in [-0.05, 0) is 55.5 Å². The lowest BCUT2D eigenvalue weighted by atomic mass is 10.1. The largest absolute Gasteiger partial charge is 0.351 e. The highest BCUT2D eigenvalue weighted by Gasteiger charge is 2.13. The van der Waals surface area contributed by atoms with E-state index in [-0.39, 0.29) is 18.3 Å². The average molecular weight is 386 g/mol. The first-order valence-corrected chi connectivity index (χ1v) is 10.4. The molecule has 2 rings (SSSR count). The molecule has 1 aromatic rings. The lowest BCUT2D eigenvalue weighted by molar-refractivity contribution is -0.122. The number of carbonyl (C=O) groups is 1. The topological polar surface area (TPSA) is 58.4 Å². The van der Waals surface area contributed by atoms with E-state index >= 15 is 0 Å². The van der Waals surface area contributed by atoms with Crippen molar-refractivity contribution >= 4 is 30.1 Å². The monoisotopic (exact) mass is 385 g/mol. The highest BCUT2D eigenvalue weighted by molar-refractivity contribution is 7.98. The number of nitrogens with two attached hydrogens (primary N) is 1. The molecule has 0 radical (unpaired) electrons. The molecule has 0 aliphatic carbocycles. The number of nitrogens with one attached hydrogen (secondary N) is 1. The van der Waals surface area contributed by atoms with E-state index in [0.717, 1.165) is 24.3 Å². The minimum Gasteiger partial charge on any atom is -0.351 e. The Balaban J connectivity index is 0.00000312. The molecule has 0 bridgehead atoms. The standard InChI is InChI=1S/C19H31N3OS.ClH/c1-24-12-9-18(20)19(23)21-14-16-7-6-8-17(13-16)15-22-10-4-2-3-5-11-22;/h6-8,13,18H,2-5,9-12,14-15,20H2,1H3,(H,21,23);1H/t18-;/m0./s1. The third-order valence-electron chi connectivity index (χ3n) is 4.53. The first-order valence-electron chi connectivity index (χ1n) is 9.01. The molecule has 1 amide bonds. The minimum atomic E-state index is -0.405. The van der Waals surface area contributed by atoms with Crippen molar-refractivity contribution in [1.82, 2.24) is 10.2 Å². The van der Waals surface area contributed by atoms with Crippen LogP contribution in [0.1, 0.15) is 43.2 Å². The summed E-state index contributed by atoms with van der Waals surface area (Å²) in [6.07, 6.45) is 8.09. The van der Waals surface area contributed by atoms with Crippen LogP contribution >= 0.6 is 24.2 Å². The van der Waals surface area contributed by atoms with Crippen molar-refractivity contribution in [2.45, 2.75) is 51.2 Å². The molecule has 3 N–H and O–H groups in total. The first-order chi connectivity index (χ1) is 11.7. The summed E-state index contributed by atoms with van der Waals surface area (Å²) in [7, 11) is 0. The van der Waals surface area contributed by atoms with Crippen molar-refractivity contribution in [2.75, 3.05) is 25.1 Å². The summed E-state index contributed by atoms with van der Waals surface area (Å²) < 4.78 is 0. The molecule has 0 spiro atoms. The van der Waals surface area contributed by atoms with Crippen LogP contribution in [0.5, 0.6) is 0 Å². The first kappa shape index (κ1) is 22.3. The van der Waals surface area contributed by atoms with Crippen molar-refractivity contribution in [1.29, 1.82) is 0 Å². The fourth-order valence-electron chi connectivity index (χ4n) is 3.09. The van der Waals surface area contributed by atoms with E-state index in [1.807, 2.05) is 6.26 Å². The zero-order valence-electron chi connectivity index (χ0n) is 15.2. The molecule has 1 saturated heterocycles. The number of carbonyl (C=O) groups excluding carboxylic acids is 1. The van der Waals surface area contributed by atoms with Crippen molar-refractivity contribution < 1.29 is 4.79 Å². The van der Waals surface area contributed by atoms with Gasteiger partial charge in [0, 0.05) is 13.1 Å². The molecule has 1 heterocycles. The molecule has 1 aromatic carbocycles. The molecule has 1 fully saturated rings. The van der Waals surface area contributed by atoms with Crippen LogP contribution in [-0.4, -0.2) is 41.9 Å². The highest BCUT2D eigenvalue weighted by Crippen LogP contribution is 2.14. The number of halogens is 1. The van der Waals surface area contributed by atoms with Crippen molar-refractivity contribution in [3.8, 4) is 0 Å². The summed E-state index contributed by atoms with van der Waals surface area (Å²) in [6, 6.07) is 8.14. The molecule has 142 valence electrons. The molecule has 0 unspecified atom stereocenters. The summed E-state index contributed by atoms with van der Waals surface area (Å²) in [6.45, 7) is 3.96. The lowest BCUT2D eigenvalue weighted by Crippen LogP contribution is -2.40. The number of benzene rings is 1. The van der Waals surface area contributed by atoms with Crippen LogP contribution in [0.25, 0.3) is 0 Å². The van der Waals surface area contributed by atoms with Crippen LogP contribution < -0.4 is 11.1 Å². The van der Waals surface area contributed by atoms with Gasteiger partial charge in [-0.1, -0.05) is 37.1 Å². The Morgan fingerprint density at radius 1 is 1.24 bits per heavy atom.